The maximum atomic E-state index is 5.00. The summed E-state index contributed by atoms with van der Waals surface area (Å²) in [4.78, 5) is 2.32. The van der Waals surface area contributed by atoms with Crippen LogP contribution in [0.2, 0.25) is 0 Å². The van der Waals surface area contributed by atoms with Gasteiger partial charge in [-0.25, -0.2) is 0 Å². The summed E-state index contributed by atoms with van der Waals surface area (Å²) < 4.78 is 5.00. The molecule has 0 heterocycles. The fraction of sp³-hybridized carbons (Fsp3) is 0.600. The average molecular weight is 250 g/mol. The van der Waals surface area contributed by atoms with Crippen molar-refractivity contribution in [3.05, 3.63) is 29.8 Å². The van der Waals surface area contributed by atoms with Crippen LogP contribution in [0.4, 0.5) is 5.69 Å². The minimum absolute atomic E-state index is 0.579. The van der Waals surface area contributed by atoms with E-state index in [9.17, 15) is 0 Å². The third-order valence-corrected chi connectivity index (χ3v) is 3.41. The first kappa shape index (κ1) is 15.0. The van der Waals surface area contributed by atoms with Gasteiger partial charge in [-0.1, -0.05) is 19.1 Å². The molecule has 1 N–H and O–H groups in total. The zero-order chi connectivity index (χ0) is 13.4. The zero-order valence-corrected chi connectivity index (χ0v) is 12.1. The van der Waals surface area contributed by atoms with Crippen molar-refractivity contribution < 1.29 is 4.74 Å². The van der Waals surface area contributed by atoms with Crippen molar-refractivity contribution >= 4 is 5.69 Å². The quantitative estimate of drug-likeness (QED) is 0.718. The Morgan fingerprint density at radius 2 is 1.94 bits per heavy atom. The average Bonchev–Trinajstić information content (AvgIpc) is 2.42. The summed E-state index contributed by atoms with van der Waals surface area (Å²) in [5.74, 6) is 0. The van der Waals surface area contributed by atoms with E-state index in [1.54, 1.807) is 7.11 Å². The van der Waals surface area contributed by atoms with Crippen molar-refractivity contribution in [2.75, 3.05) is 32.2 Å². The van der Waals surface area contributed by atoms with Gasteiger partial charge in [-0.3, -0.25) is 0 Å². The Bertz CT molecular complexity index is 324. The van der Waals surface area contributed by atoms with Crippen LogP contribution in [0.5, 0.6) is 0 Å². The molecule has 1 atom stereocenters. The number of hydrogen-bond acceptors (Lipinski definition) is 3. The van der Waals surface area contributed by atoms with Gasteiger partial charge in [0.1, 0.15) is 0 Å². The van der Waals surface area contributed by atoms with Crippen LogP contribution < -0.4 is 10.2 Å². The SMILES string of the molecule is CCC(C)N(C)c1ccc(CNCCOC)cc1. The highest BCUT2D eigenvalue weighted by atomic mass is 16.5. The first-order valence-corrected chi connectivity index (χ1v) is 6.70. The lowest BCUT2D eigenvalue weighted by Crippen LogP contribution is -2.27. The number of rotatable bonds is 8. The van der Waals surface area contributed by atoms with Crippen molar-refractivity contribution in [1.29, 1.82) is 0 Å². The van der Waals surface area contributed by atoms with Gasteiger partial charge in [-0.15, -0.1) is 0 Å². The Hall–Kier alpha value is -1.06. The maximum Gasteiger partial charge on any atom is 0.0587 e. The Kier molecular flexibility index (Phi) is 6.76. The van der Waals surface area contributed by atoms with E-state index >= 15 is 0 Å². The molecule has 0 aliphatic rings. The molecule has 102 valence electrons. The Labute approximate surface area is 111 Å². The number of nitrogens with one attached hydrogen (secondary N) is 1. The molecular formula is C15H26N2O. The largest absolute Gasteiger partial charge is 0.383 e. The van der Waals surface area contributed by atoms with Gasteiger partial charge in [0, 0.05) is 39.0 Å². The van der Waals surface area contributed by atoms with Gasteiger partial charge >= 0.3 is 0 Å². The maximum absolute atomic E-state index is 5.00. The molecule has 0 aliphatic carbocycles. The van der Waals surface area contributed by atoms with E-state index in [0.717, 1.165) is 26.1 Å². The second-order valence-corrected chi connectivity index (χ2v) is 4.70. The van der Waals surface area contributed by atoms with Crippen LogP contribution in [-0.4, -0.2) is 33.4 Å². The van der Waals surface area contributed by atoms with Gasteiger partial charge < -0.3 is 15.0 Å². The van der Waals surface area contributed by atoms with E-state index in [-0.39, 0.29) is 0 Å². The number of anilines is 1. The van der Waals surface area contributed by atoms with E-state index < -0.39 is 0 Å². The van der Waals surface area contributed by atoms with Gasteiger partial charge in [0.2, 0.25) is 0 Å². The molecule has 0 radical (unpaired) electrons. The molecule has 0 saturated carbocycles. The molecule has 0 spiro atoms. The molecule has 3 nitrogen and oxygen atoms in total. The molecule has 0 fully saturated rings. The van der Waals surface area contributed by atoms with E-state index in [0.29, 0.717) is 6.04 Å². The molecule has 1 aromatic carbocycles. The van der Waals surface area contributed by atoms with Crippen molar-refractivity contribution in [2.24, 2.45) is 0 Å². The highest BCUT2D eigenvalue weighted by Crippen LogP contribution is 2.17. The Balaban J connectivity index is 2.47. The van der Waals surface area contributed by atoms with Gasteiger partial charge in [0.25, 0.3) is 0 Å². The molecule has 0 amide bonds. The van der Waals surface area contributed by atoms with E-state index in [1.807, 2.05) is 0 Å². The highest BCUT2D eigenvalue weighted by molar-refractivity contribution is 5.47. The molecule has 0 aliphatic heterocycles. The third-order valence-electron chi connectivity index (χ3n) is 3.41. The van der Waals surface area contributed by atoms with Crippen molar-refractivity contribution in [3.8, 4) is 0 Å². The normalized spacial score (nSPS) is 12.4. The summed E-state index contributed by atoms with van der Waals surface area (Å²) in [5.41, 5.74) is 2.59. The van der Waals surface area contributed by atoms with Crippen LogP contribution in [0.3, 0.4) is 0 Å². The van der Waals surface area contributed by atoms with Crippen LogP contribution in [0, 0.1) is 0 Å². The van der Waals surface area contributed by atoms with Crippen molar-refractivity contribution in [1.82, 2.24) is 5.32 Å². The van der Waals surface area contributed by atoms with Gasteiger partial charge in [0.05, 0.1) is 6.61 Å². The van der Waals surface area contributed by atoms with E-state index in [4.69, 9.17) is 4.74 Å². The number of benzene rings is 1. The van der Waals surface area contributed by atoms with Crippen LogP contribution in [-0.2, 0) is 11.3 Å². The smallest absolute Gasteiger partial charge is 0.0587 e. The molecular weight excluding hydrogens is 224 g/mol. The van der Waals surface area contributed by atoms with E-state index in [1.165, 1.54) is 11.3 Å². The minimum atomic E-state index is 0.579. The van der Waals surface area contributed by atoms with Gasteiger partial charge in [-0.2, -0.15) is 0 Å². The lowest BCUT2D eigenvalue weighted by atomic mass is 10.1. The Morgan fingerprint density at radius 3 is 2.50 bits per heavy atom. The summed E-state index contributed by atoms with van der Waals surface area (Å²) >= 11 is 0. The molecule has 1 rings (SSSR count). The lowest BCUT2D eigenvalue weighted by molar-refractivity contribution is 0.199. The summed E-state index contributed by atoms with van der Waals surface area (Å²) in [5, 5.41) is 3.35. The number of ether oxygens (including phenoxy) is 1. The predicted octanol–water partition coefficient (Wildman–Crippen LogP) is 2.66. The molecule has 18 heavy (non-hydrogen) atoms. The standard InChI is InChI=1S/C15H26N2O/c1-5-13(2)17(3)15-8-6-14(7-9-15)12-16-10-11-18-4/h6-9,13,16H,5,10-12H2,1-4H3. The highest BCUT2D eigenvalue weighted by Gasteiger charge is 2.07. The molecule has 0 saturated heterocycles. The summed E-state index contributed by atoms with van der Waals surface area (Å²) in [6, 6.07) is 9.34. The number of hydrogen-bond donors (Lipinski definition) is 1. The van der Waals surface area contributed by atoms with Crippen LogP contribution >= 0.6 is 0 Å². The van der Waals surface area contributed by atoms with Crippen LogP contribution in [0.1, 0.15) is 25.8 Å². The zero-order valence-electron chi connectivity index (χ0n) is 12.1. The van der Waals surface area contributed by atoms with Crippen molar-refractivity contribution in [2.45, 2.75) is 32.9 Å². The number of methoxy groups -OCH3 is 1. The number of nitrogens with zero attached hydrogens (tertiary/aromatic N) is 1. The third kappa shape index (κ3) is 4.67. The van der Waals surface area contributed by atoms with Crippen LogP contribution in [0.15, 0.2) is 24.3 Å². The van der Waals surface area contributed by atoms with Gasteiger partial charge in [0.15, 0.2) is 0 Å². The molecule has 0 bridgehead atoms. The molecule has 1 unspecified atom stereocenters. The summed E-state index contributed by atoms with van der Waals surface area (Å²) in [6.07, 6.45) is 1.16. The monoisotopic (exact) mass is 250 g/mol. The Morgan fingerprint density at radius 1 is 1.28 bits per heavy atom. The second kappa shape index (κ2) is 8.11. The minimum Gasteiger partial charge on any atom is -0.383 e. The summed E-state index contributed by atoms with van der Waals surface area (Å²) in [6.45, 7) is 7.02. The predicted molar refractivity (Wildman–Crippen MR) is 78.2 cm³/mol. The van der Waals surface area contributed by atoms with Gasteiger partial charge in [-0.05, 0) is 31.0 Å². The summed E-state index contributed by atoms with van der Waals surface area (Å²) in [7, 11) is 3.88. The molecule has 0 aromatic heterocycles. The topological polar surface area (TPSA) is 24.5 Å². The first-order chi connectivity index (χ1) is 8.69. The molecule has 1 aromatic rings. The van der Waals surface area contributed by atoms with E-state index in [2.05, 4.69) is 55.4 Å². The lowest BCUT2D eigenvalue weighted by Gasteiger charge is -2.26. The van der Waals surface area contributed by atoms with Crippen LogP contribution in [0.25, 0.3) is 0 Å². The molecule has 3 heteroatoms. The second-order valence-electron chi connectivity index (χ2n) is 4.70. The fourth-order valence-corrected chi connectivity index (χ4v) is 1.78. The van der Waals surface area contributed by atoms with Crippen molar-refractivity contribution in [3.63, 3.8) is 0 Å². The fourth-order valence-electron chi connectivity index (χ4n) is 1.78. The first-order valence-electron chi connectivity index (χ1n) is 6.70.